The van der Waals surface area contributed by atoms with E-state index >= 15 is 0 Å². The summed E-state index contributed by atoms with van der Waals surface area (Å²) >= 11 is 1.04. The van der Waals surface area contributed by atoms with E-state index < -0.39 is 4.92 Å². The van der Waals surface area contributed by atoms with E-state index in [9.17, 15) is 10.1 Å². The lowest BCUT2D eigenvalue weighted by Gasteiger charge is -2.05. The maximum atomic E-state index is 11.0. The molecule has 18 heavy (non-hydrogen) atoms. The zero-order valence-electron chi connectivity index (χ0n) is 9.25. The number of aromatic nitrogens is 4. The van der Waals surface area contributed by atoms with Crippen LogP contribution in [0, 0.1) is 17.0 Å². The number of nitrogens with zero attached hydrogens (tertiary/aromatic N) is 4. The summed E-state index contributed by atoms with van der Waals surface area (Å²) in [5.41, 5.74) is 2.34. The van der Waals surface area contributed by atoms with Gasteiger partial charge in [-0.1, -0.05) is 0 Å². The summed E-state index contributed by atoms with van der Waals surface area (Å²) in [6.45, 7) is 1.52. The van der Waals surface area contributed by atoms with E-state index in [0.717, 1.165) is 11.8 Å². The van der Waals surface area contributed by atoms with E-state index in [1.54, 1.807) is 12.4 Å². The van der Waals surface area contributed by atoms with Crippen molar-refractivity contribution in [3.05, 3.63) is 28.2 Å². The molecular weight excluding hydrogens is 258 g/mol. The second-order valence-electron chi connectivity index (χ2n) is 3.18. The highest BCUT2D eigenvalue weighted by Gasteiger charge is 2.23. The standard InChI is InChI=1S/C8H9N7O2S/c1-4-5(15(16)17)6(13-7(12-4)14-9)18-8-10-2-3-11-8/h2-3H,9H2,1H3,(H,10,11)(H,12,13,14). The van der Waals surface area contributed by atoms with E-state index in [1.807, 2.05) is 0 Å². The largest absolute Gasteiger partial charge is 0.339 e. The van der Waals surface area contributed by atoms with Gasteiger partial charge >= 0.3 is 5.69 Å². The summed E-state index contributed by atoms with van der Waals surface area (Å²) in [7, 11) is 0. The third kappa shape index (κ3) is 2.38. The smallest absolute Gasteiger partial charge is 0.322 e. The number of hydrogen-bond acceptors (Lipinski definition) is 8. The van der Waals surface area contributed by atoms with Crippen LogP contribution in [0.5, 0.6) is 0 Å². The first-order chi connectivity index (χ1) is 8.61. The maximum Gasteiger partial charge on any atom is 0.322 e. The van der Waals surface area contributed by atoms with Crippen LogP contribution in [0.2, 0.25) is 0 Å². The predicted octanol–water partition coefficient (Wildman–Crippen LogP) is 0.853. The summed E-state index contributed by atoms with van der Waals surface area (Å²) in [6.07, 6.45) is 3.16. The summed E-state index contributed by atoms with van der Waals surface area (Å²) in [5, 5.41) is 11.7. The van der Waals surface area contributed by atoms with Crippen LogP contribution in [0.25, 0.3) is 0 Å². The Hall–Kier alpha value is -2.20. The van der Waals surface area contributed by atoms with E-state index in [2.05, 4.69) is 25.4 Å². The van der Waals surface area contributed by atoms with Crippen LogP contribution in [-0.4, -0.2) is 24.9 Å². The Labute approximate surface area is 105 Å². The molecule has 9 nitrogen and oxygen atoms in total. The van der Waals surface area contributed by atoms with Gasteiger partial charge in [0.2, 0.25) is 5.95 Å². The summed E-state index contributed by atoms with van der Waals surface area (Å²) in [4.78, 5) is 25.1. The van der Waals surface area contributed by atoms with Gasteiger partial charge in [0.1, 0.15) is 5.69 Å². The summed E-state index contributed by atoms with van der Waals surface area (Å²) in [5.74, 6) is 5.33. The van der Waals surface area contributed by atoms with Crippen molar-refractivity contribution in [1.29, 1.82) is 0 Å². The van der Waals surface area contributed by atoms with Gasteiger partial charge in [0, 0.05) is 12.4 Å². The molecule has 2 rings (SSSR count). The first kappa shape index (κ1) is 12.3. The van der Waals surface area contributed by atoms with Gasteiger partial charge in [0.05, 0.1) is 4.92 Å². The van der Waals surface area contributed by atoms with E-state index in [4.69, 9.17) is 5.84 Å². The molecule has 0 unspecified atom stereocenters. The average molecular weight is 267 g/mol. The maximum absolute atomic E-state index is 11.0. The first-order valence-electron chi connectivity index (χ1n) is 4.78. The number of rotatable bonds is 4. The van der Waals surface area contributed by atoms with Gasteiger partial charge in [-0.3, -0.25) is 15.5 Å². The molecule has 0 aliphatic rings. The van der Waals surface area contributed by atoms with Crippen molar-refractivity contribution in [2.24, 2.45) is 5.84 Å². The Morgan fingerprint density at radius 2 is 2.33 bits per heavy atom. The minimum absolute atomic E-state index is 0.118. The lowest BCUT2D eigenvalue weighted by atomic mass is 10.4. The number of nitrogen functional groups attached to an aromatic ring is 1. The molecule has 0 radical (unpaired) electrons. The molecule has 0 amide bonds. The molecule has 2 heterocycles. The molecule has 2 aromatic heterocycles. The molecule has 0 bridgehead atoms. The lowest BCUT2D eigenvalue weighted by Crippen LogP contribution is -2.12. The third-order valence-corrected chi connectivity index (χ3v) is 2.90. The molecule has 0 fully saturated rings. The molecule has 94 valence electrons. The number of anilines is 1. The minimum atomic E-state index is -0.527. The Bertz CT molecular complexity index is 571. The van der Waals surface area contributed by atoms with Crippen molar-refractivity contribution >= 4 is 23.4 Å². The zero-order valence-corrected chi connectivity index (χ0v) is 10.1. The van der Waals surface area contributed by atoms with Gasteiger partial charge in [-0.2, -0.15) is 4.98 Å². The normalized spacial score (nSPS) is 10.3. The number of nitro groups is 1. The molecule has 0 saturated carbocycles. The van der Waals surface area contributed by atoms with Gasteiger partial charge in [-0.25, -0.2) is 15.8 Å². The highest BCUT2D eigenvalue weighted by molar-refractivity contribution is 7.99. The van der Waals surface area contributed by atoms with Gasteiger partial charge in [0.15, 0.2) is 10.2 Å². The first-order valence-corrected chi connectivity index (χ1v) is 5.60. The zero-order chi connectivity index (χ0) is 13.1. The van der Waals surface area contributed by atoms with E-state index in [0.29, 0.717) is 5.16 Å². The molecule has 10 heteroatoms. The number of nitrogens with two attached hydrogens (primary N) is 1. The molecule has 0 aromatic carbocycles. The number of nitrogens with one attached hydrogen (secondary N) is 2. The molecule has 0 aliphatic carbocycles. The van der Waals surface area contributed by atoms with Crippen LogP contribution in [0.15, 0.2) is 22.6 Å². The highest BCUT2D eigenvalue weighted by atomic mass is 32.2. The molecule has 0 spiro atoms. The Balaban J connectivity index is 2.48. The van der Waals surface area contributed by atoms with Crippen LogP contribution < -0.4 is 11.3 Å². The summed E-state index contributed by atoms with van der Waals surface area (Å²) < 4.78 is 0. The molecular formula is C8H9N7O2S. The minimum Gasteiger partial charge on any atom is -0.339 e. The second kappa shape index (κ2) is 4.98. The monoisotopic (exact) mass is 267 g/mol. The predicted molar refractivity (Wildman–Crippen MR) is 63.9 cm³/mol. The highest BCUT2D eigenvalue weighted by Crippen LogP contribution is 2.33. The fraction of sp³-hybridized carbons (Fsp3) is 0.125. The van der Waals surface area contributed by atoms with Crippen LogP contribution in [0.4, 0.5) is 11.6 Å². The number of hydrogen-bond donors (Lipinski definition) is 3. The summed E-state index contributed by atoms with van der Waals surface area (Å²) in [6, 6.07) is 0. The Morgan fingerprint density at radius 3 is 2.89 bits per heavy atom. The van der Waals surface area contributed by atoms with Crippen LogP contribution >= 0.6 is 11.8 Å². The van der Waals surface area contributed by atoms with Crippen molar-refractivity contribution in [2.75, 3.05) is 5.43 Å². The number of hydrazine groups is 1. The SMILES string of the molecule is Cc1nc(NN)nc(Sc2ncc[nH]2)c1[N+](=O)[O-]. The fourth-order valence-corrected chi connectivity index (χ4v) is 2.16. The topological polar surface area (TPSA) is 136 Å². The van der Waals surface area contributed by atoms with Crippen molar-refractivity contribution in [1.82, 2.24) is 19.9 Å². The van der Waals surface area contributed by atoms with Crippen molar-refractivity contribution in [2.45, 2.75) is 17.1 Å². The number of aromatic amines is 1. The molecule has 0 saturated heterocycles. The van der Waals surface area contributed by atoms with Crippen molar-refractivity contribution < 1.29 is 4.92 Å². The quantitative estimate of drug-likeness (QED) is 0.321. The van der Waals surface area contributed by atoms with Crippen LogP contribution in [0.3, 0.4) is 0 Å². The van der Waals surface area contributed by atoms with Gasteiger partial charge in [-0.05, 0) is 18.7 Å². The second-order valence-corrected chi connectivity index (χ2v) is 4.16. The number of H-pyrrole nitrogens is 1. The van der Waals surface area contributed by atoms with Gasteiger partial charge in [-0.15, -0.1) is 0 Å². The molecule has 0 atom stereocenters. The molecule has 0 aliphatic heterocycles. The average Bonchev–Trinajstić information content (AvgIpc) is 2.80. The number of imidazole rings is 1. The van der Waals surface area contributed by atoms with Crippen molar-refractivity contribution in [3.8, 4) is 0 Å². The lowest BCUT2D eigenvalue weighted by molar-refractivity contribution is -0.389. The molecule has 4 N–H and O–H groups in total. The van der Waals surface area contributed by atoms with Crippen LogP contribution in [-0.2, 0) is 0 Å². The third-order valence-electron chi connectivity index (χ3n) is 2.00. The van der Waals surface area contributed by atoms with Crippen LogP contribution in [0.1, 0.15) is 5.69 Å². The Kier molecular flexibility index (Phi) is 3.39. The fourth-order valence-electron chi connectivity index (χ4n) is 1.28. The van der Waals surface area contributed by atoms with Gasteiger partial charge < -0.3 is 4.98 Å². The Morgan fingerprint density at radius 1 is 1.56 bits per heavy atom. The van der Waals surface area contributed by atoms with Crippen molar-refractivity contribution in [3.63, 3.8) is 0 Å². The van der Waals surface area contributed by atoms with E-state index in [1.165, 1.54) is 6.92 Å². The van der Waals surface area contributed by atoms with Gasteiger partial charge in [0.25, 0.3) is 0 Å². The molecule has 2 aromatic rings. The number of aryl methyl sites for hydroxylation is 1. The van der Waals surface area contributed by atoms with E-state index in [-0.39, 0.29) is 22.4 Å².